The first-order chi connectivity index (χ1) is 16.5. The molecule has 0 bridgehead atoms. The van der Waals surface area contributed by atoms with Crippen LogP contribution in [0, 0.1) is 0 Å². The summed E-state index contributed by atoms with van der Waals surface area (Å²) in [7, 11) is 0. The largest absolute Gasteiger partial charge is 0.418 e. The molecule has 1 aliphatic rings. The number of halogens is 6. The fraction of sp³-hybridized carbons (Fsp3) is 0.182. The molecule has 2 aromatic carbocycles. The molecule has 3 N–H and O–H groups in total. The Morgan fingerprint density at radius 3 is 2.23 bits per heavy atom. The number of anilines is 1. The van der Waals surface area contributed by atoms with Crippen LogP contribution in [-0.4, -0.2) is 38.4 Å². The second-order valence-corrected chi connectivity index (χ2v) is 7.58. The number of carbonyl (C=O) groups excluding carboxylic acids is 1. The number of tetrazole rings is 1. The van der Waals surface area contributed by atoms with Crippen LogP contribution in [0.3, 0.4) is 0 Å². The third-order valence-corrected chi connectivity index (χ3v) is 5.58. The number of rotatable bonds is 4. The van der Waals surface area contributed by atoms with E-state index in [2.05, 4.69) is 20.6 Å². The Kier molecular flexibility index (Phi) is 5.87. The van der Waals surface area contributed by atoms with Crippen LogP contribution in [0.15, 0.2) is 72.8 Å². The predicted molar refractivity (Wildman–Crippen MR) is 113 cm³/mol. The van der Waals surface area contributed by atoms with E-state index in [1.807, 2.05) is 0 Å². The number of amides is 2. The molecule has 2 unspecified atom stereocenters. The van der Waals surface area contributed by atoms with Gasteiger partial charge in [0.2, 0.25) is 0 Å². The average Bonchev–Trinajstić information content (AvgIpc) is 3.33. The summed E-state index contributed by atoms with van der Waals surface area (Å²) in [6.45, 7) is 0. The van der Waals surface area contributed by atoms with Gasteiger partial charge in [-0.2, -0.15) is 31.6 Å². The van der Waals surface area contributed by atoms with E-state index in [9.17, 15) is 31.1 Å². The summed E-state index contributed by atoms with van der Waals surface area (Å²) in [5.41, 5.74) is 0.222. The van der Waals surface area contributed by atoms with Crippen LogP contribution < -0.4 is 10.6 Å². The number of aromatic amines is 1. The standard InChI is InChI=1S/C22H16F6N6O/c23-21(24,25)15-8-4-5-9-17(15)34(19(29)35)20(22(26,27)28)11-10-14(13-6-2-1-3-7-13)12-16(20)18-30-32-33-31-18/h1-12,16H,(H2,29,35)(H,30,31,32,33). The van der Waals surface area contributed by atoms with E-state index in [1.54, 1.807) is 30.3 Å². The number of H-pyrrole nitrogens is 1. The molecule has 0 radical (unpaired) electrons. The molecule has 0 saturated heterocycles. The second kappa shape index (κ2) is 8.56. The molecule has 2 amide bonds. The highest BCUT2D eigenvalue weighted by molar-refractivity contribution is 5.95. The van der Waals surface area contributed by atoms with Crippen molar-refractivity contribution in [1.82, 2.24) is 20.6 Å². The number of urea groups is 1. The van der Waals surface area contributed by atoms with Crippen LogP contribution in [-0.2, 0) is 6.18 Å². The minimum absolute atomic E-state index is 0.106. The Balaban J connectivity index is 2.03. The summed E-state index contributed by atoms with van der Waals surface area (Å²) in [4.78, 5) is 12.5. The van der Waals surface area contributed by atoms with Gasteiger partial charge >= 0.3 is 18.4 Å². The normalized spacial score (nSPS) is 20.4. The van der Waals surface area contributed by atoms with Crippen LogP contribution in [0.2, 0.25) is 0 Å². The van der Waals surface area contributed by atoms with Gasteiger partial charge < -0.3 is 5.73 Å². The number of nitrogens with two attached hydrogens (primary N) is 1. The van der Waals surface area contributed by atoms with Crippen molar-refractivity contribution in [2.75, 3.05) is 4.90 Å². The monoisotopic (exact) mass is 494 g/mol. The average molecular weight is 494 g/mol. The highest BCUT2D eigenvalue weighted by Gasteiger charge is 2.65. The van der Waals surface area contributed by atoms with Crippen molar-refractivity contribution < 1.29 is 31.1 Å². The molecule has 1 aliphatic carbocycles. The maximum absolute atomic E-state index is 15.0. The van der Waals surface area contributed by atoms with Crippen molar-refractivity contribution in [3.8, 4) is 0 Å². The fourth-order valence-corrected chi connectivity index (χ4v) is 4.10. The van der Waals surface area contributed by atoms with Crippen LogP contribution in [0.25, 0.3) is 5.57 Å². The number of hydrogen-bond donors (Lipinski definition) is 2. The highest BCUT2D eigenvalue weighted by atomic mass is 19.4. The molecule has 1 aromatic heterocycles. The number of nitrogens with one attached hydrogen (secondary N) is 1. The molecule has 182 valence electrons. The van der Waals surface area contributed by atoms with Gasteiger partial charge in [-0.05, 0) is 29.3 Å². The summed E-state index contributed by atoms with van der Waals surface area (Å²) >= 11 is 0. The van der Waals surface area contributed by atoms with Crippen LogP contribution in [0.5, 0.6) is 0 Å². The minimum Gasteiger partial charge on any atom is -0.351 e. The van der Waals surface area contributed by atoms with Crippen molar-refractivity contribution in [2.45, 2.75) is 23.8 Å². The zero-order valence-electron chi connectivity index (χ0n) is 17.5. The van der Waals surface area contributed by atoms with Crippen molar-refractivity contribution in [3.05, 3.63) is 89.8 Å². The Morgan fingerprint density at radius 1 is 1.00 bits per heavy atom. The number of aromatic nitrogens is 4. The Hall–Kier alpha value is -4.16. The molecule has 3 aromatic rings. The lowest BCUT2D eigenvalue weighted by molar-refractivity contribution is -0.175. The van der Waals surface area contributed by atoms with Crippen molar-refractivity contribution in [2.24, 2.45) is 5.73 Å². The van der Waals surface area contributed by atoms with Gasteiger partial charge in [0.25, 0.3) is 0 Å². The Morgan fingerprint density at radius 2 is 1.66 bits per heavy atom. The van der Waals surface area contributed by atoms with E-state index in [0.717, 1.165) is 30.4 Å². The number of alkyl halides is 6. The molecule has 13 heteroatoms. The fourth-order valence-electron chi connectivity index (χ4n) is 4.10. The molecule has 0 fully saturated rings. The molecule has 4 rings (SSSR count). The number of benzene rings is 2. The first kappa shape index (κ1) is 24.0. The van der Waals surface area contributed by atoms with E-state index in [4.69, 9.17) is 5.73 Å². The van der Waals surface area contributed by atoms with Crippen molar-refractivity contribution >= 4 is 17.3 Å². The van der Waals surface area contributed by atoms with Crippen molar-refractivity contribution in [3.63, 3.8) is 0 Å². The van der Waals surface area contributed by atoms with E-state index in [-0.39, 0.29) is 4.90 Å². The van der Waals surface area contributed by atoms with Gasteiger partial charge in [-0.1, -0.05) is 59.8 Å². The minimum atomic E-state index is -5.33. The van der Waals surface area contributed by atoms with E-state index in [0.29, 0.717) is 23.3 Å². The van der Waals surface area contributed by atoms with E-state index < -0.39 is 46.9 Å². The lowest BCUT2D eigenvalue weighted by atomic mass is 9.74. The first-order valence-corrected chi connectivity index (χ1v) is 9.99. The van der Waals surface area contributed by atoms with Gasteiger partial charge in [-0.3, -0.25) is 4.90 Å². The first-order valence-electron chi connectivity index (χ1n) is 9.99. The molecular formula is C22H16F6N6O. The van der Waals surface area contributed by atoms with Gasteiger partial charge in [0.05, 0.1) is 17.2 Å². The van der Waals surface area contributed by atoms with Gasteiger partial charge in [0.15, 0.2) is 11.4 Å². The van der Waals surface area contributed by atoms with Crippen molar-refractivity contribution in [1.29, 1.82) is 0 Å². The molecule has 7 nitrogen and oxygen atoms in total. The molecule has 1 heterocycles. The maximum atomic E-state index is 15.0. The van der Waals surface area contributed by atoms with Crippen LogP contribution in [0.1, 0.15) is 22.9 Å². The number of primary amides is 1. The van der Waals surface area contributed by atoms with E-state index in [1.165, 1.54) is 0 Å². The summed E-state index contributed by atoms with van der Waals surface area (Å²) in [5, 5.41) is 12.7. The molecule has 0 spiro atoms. The SMILES string of the molecule is NC(=O)N(c1ccccc1C(F)(F)F)C1(C(F)(F)F)C=CC(c2ccccc2)=CC1c1nn[nH]n1. The van der Waals surface area contributed by atoms with Gasteiger partial charge in [0, 0.05) is 0 Å². The lowest BCUT2D eigenvalue weighted by Gasteiger charge is -2.47. The lowest BCUT2D eigenvalue weighted by Crippen LogP contribution is -2.65. The molecule has 0 saturated carbocycles. The summed E-state index contributed by atoms with van der Waals surface area (Å²) < 4.78 is 86.3. The zero-order valence-corrected chi connectivity index (χ0v) is 17.5. The summed E-state index contributed by atoms with van der Waals surface area (Å²) in [5.74, 6) is -2.41. The van der Waals surface area contributed by atoms with Gasteiger partial charge in [-0.25, -0.2) is 4.79 Å². The number of hydrogen-bond acceptors (Lipinski definition) is 4. The van der Waals surface area contributed by atoms with Crippen LogP contribution >= 0.6 is 0 Å². The zero-order chi connectivity index (χ0) is 25.4. The highest BCUT2D eigenvalue weighted by Crippen LogP contribution is 2.52. The summed E-state index contributed by atoms with van der Waals surface area (Å²) in [6, 6.07) is 9.92. The Bertz CT molecular complexity index is 1270. The number of carbonyl (C=O) groups is 1. The quantitative estimate of drug-likeness (QED) is 0.507. The summed E-state index contributed by atoms with van der Waals surface area (Å²) in [6.07, 6.45) is -7.61. The third-order valence-electron chi connectivity index (χ3n) is 5.58. The van der Waals surface area contributed by atoms with Crippen LogP contribution in [0.4, 0.5) is 36.8 Å². The van der Waals surface area contributed by atoms with Gasteiger partial charge in [0.1, 0.15) is 0 Å². The smallest absolute Gasteiger partial charge is 0.351 e. The molecular weight excluding hydrogens is 478 g/mol. The number of nitrogens with zero attached hydrogens (tertiary/aromatic N) is 4. The predicted octanol–water partition coefficient (Wildman–Crippen LogP) is 4.84. The topological polar surface area (TPSA) is 101 Å². The molecule has 35 heavy (non-hydrogen) atoms. The Labute approximate surface area is 193 Å². The third kappa shape index (κ3) is 4.13. The number of allylic oxidation sites excluding steroid dienone is 2. The number of para-hydroxylation sites is 1. The maximum Gasteiger partial charge on any atom is 0.418 e. The second-order valence-electron chi connectivity index (χ2n) is 7.58. The molecule has 2 atom stereocenters. The van der Waals surface area contributed by atoms with E-state index >= 15 is 0 Å². The van der Waals surface area contributed by atoms with Gasteiger partial charge in [-0.15, -0.1) is 10.2 Å². The molecule has 0 aliphatic heterocycles.